The molecule has 2 aromatic rings. The molecule has 3 rings (SSSR count). The Hall–Kier alpha value is -1.64. The Bertz CT molecular complexity index is 497. The van der Waals surface area contributed by atoms with Crippen LogP contribution in [-0.4, -0.2) is 15.2 Å². The fourth-order valence-corrected chi connectivity index (χ4v) is 2.01. The van der Waals surface area contributed by atoms with Crippen molar-refractivity contribution >= 4 is 0 Å². The molecule has 2 aromatic heterocycles. The van der Waals surface area contributed by atoms with Crippen molar-refractivity contribution in [2.75, 3.05) is 0 Å². The molecule has 0 atom stereocenters. The smallest absolute Gasteiger partial charge is 0.0739 e. The molecule has 0 aromatic carbocycles. The van der Waals surface area contributed by atoms with Crippen LogP contribution in [0.25, 0.3) is 11.3 Å². The number of pyridine rings is 1. The van der Waals surface area contributed by atoms with E-state index in [0.29, 0.717) is 5.92 Å². The summed E-state index contributed by atoms with van der Waals surface area (Å²) in [5, 5.41) is 7.26. The van der Waals surface area contributed by atoms with Crippen LogP contribution in [-0.2, 0) is 6.42 Å². The van der Waals surface area contributed by atoms with Gasteiger partial charge in [0.05, 0.1) is 11.9 Å². The van der Waals surface area contributed by atoms with Crippen LogP contribution in [0.1, 0.15) is 37.1 Å². The van der Waals surface area contributed by atoms with Gasteiger partial charge in [-0.15, -0.1) is 0 Å². The Balaban J connectivity index is 2.03. The zero-order valence-corrected chi connectivity index (χ0v) is 9.40. The zero-order valence-electron chi connectivity index (χ0n) is 9.40. The van der Waals surface area contributed by atoms with E-state index >= 15 is 0 Å². The minimum atomic E-state index is 0.685. The molecule has 2 heterocycles. The molecule has 1 fully saturated rings. The third kappa shape index (κ3) is 1.62. The van der Waals surface area contributed by atoms with Gasteiger partial charge in [-0.05, 0) is 31.4 Å². The Labute approximate surface area is 94.9 Å². The van der Waals surface area contributed by atoms with Crippen molar-refractivity contribution in [2.45, 2.75) is 32.1 Å². The van der Waals surface area contributed by atoms with Crippen molar-refractivity contribution in [3.63, 3.8) is 0 Å². The van der Waals surface area contributed by atoms with E-state index < -0.39 is 0 Å². The van der Waals surface area contributed by atoms with E-state index in [0.717, 1.165) is 17.8 Å². The second-order valence-corrected chi connectivity index (χ2v) is 4.34. The molecule has 0 aliphatic heterocycles. The molecule has 1 aliphatic rings. The van der Waals surface area contributed by atoms with Crippen LogP contribution in [0.2, 0.25) is 0 Å². The lowest BCUT2D eigenvalue weighted by atomic mass is 10.1. The number of rotatable bonds is 3. The van der Waals surface area contributed by atoms with E-state index in [4.69, 9.17) is 0 Å². The molecule has 0 amide bonds. The van der Waals surface area contributed by atoms with Crippen molar-refractivity contribution in [3.05, 3.63) is 35.8 Å². The number of hydrogen-bond acceptors (Lipinski definition) is 2. The van der Waals surface area contributed by atoms with Gasteiger partial charge in [-0.1, -0.05) is 13.0 Å². The van der Waals surface area contributed by atoms with Gasteiger partial charge >= 0.3 is 0 Å². The molecule has 0 radical (unpaired) electrons. The van der Waals surface area contributed by atoms with E-state index in [2.05, 4.69) is 40.3 Å². The molecule has 1 saturated carbocycles. The Kier molecular flexibility index (Phi) is 2.24. The lowest BCUT2D eigenvalue weighted by Crippen LogP contribution is -1.91. The summed E-state index contributed by atoms with van der Waals surface area (Å²) in [6.07, 6.45) is 5.44. The van der Waals surface area contributed by atoms with Gasteiger partial charge < -0.3 is 0 Å². The fraction of sp³-hybridized carbons (Fsp3) is 0.385. The van der Waals surface area contributed by atoms with Crippen molar-refractivity contribution in [1.82, 2.24) is 15.2 Å². The molecule has 0 unspecified atom stereocenters. The first-order valence-electron chi connectivity index (χ1n) is 5.88. The second-order valence-electron chi connectivity index (χ2n) is 4.34. The number of aromatic amines is 1. The Morgan fingerprint density at radius 2 is 2.25 bits per heavy atom. The maximum atomic E-state index is 4.64. The van der Waals surface area contributed by atoms with Crippen LogP contribution in [0.4, 0.5) is 0 Å². The summed E-state index contributed by atoms with van der Waals surface area (Å²) in [5.74, 6) is 0.685. The summed E-state index contributed by atoms with van der Waals surface area (Å²) in [6, 6.07) is 6.21. The molecular weight excluding hydrogens is 198 g/mol. The van der Waals surface area contributed by atoms with E-state index in [1.807, 2.05) is 6.20 Å². The maximum absolute atomic E-state index is 4.64. The third-order valence-corrected chi connectivity index (χ3v) is 3.10. The summed E-state index contributed by atoms with van der Waals surface area (Å²) in [6.45, 7) is 2.13. The summed E-state index contributed by atoms with van der Waals surface area (Å²) in [7, 11) is 0. The number of aromatic nitrogens is 3. The first kappa shape index (κ1) is 9.58. The lowest BCUT2D eigenvalue weighted by molar-refractivity contribution is 0.964. The van der Waals surface area contributed by atoms with Crippen LogP contribution < -0.4 is 0 Å². The molecule has 82 valence electrons. The van der Waals surface area contributed by atoms with Gasteiger partial charge in [0.1, 0.15) is 0 Å². The van der Waals surface area contributed by atoms with Gasteiger partial charge in [0.25, 0.3) is 0 Å². The average Bonchev–Trinajstić information content (AvgIpc) is 3.07. The molecule has 3 nitrogen and oxygen atoms in total. The van der Waals surface area contributed by atoms with Crippen LogP contribution in [0, 0.1) is 0 Å². The largest absolute Gasteiger partial charge is 0.282 e. The second kappa shape index (κ2) is 3.74. The minimum absolute atomic E-state index is 0.685. The number of nitrogens with one attached hydrogen (secondary N) is 1. The highest BCUT2D eigenvalue weighted by Gasteiger charge is 2.28. The summed E-state index contributed by atoms with van der Waals surface area (Å²) >= 11 is 0. The summed E-state index contributed by atoms with van der Waals surface area (Å²) in [4.78, 5) is 4.64. The fourth-order valence-electron chi connectivity index (χ4n) is 2.01. The van der Waals surface area contributed by atoms with Crippen molar-refractivity contribution in [2.24, 2.45) is 0 Å². The first-order valence-corrected chi connectivity index (χ1v) is 5.88. The predicted octanol–water partition coefficient (Wildman–Crippen LogP) is 2.91. The summed E-state index contributed by atoms with van der Waals surface area (Å²) in [5.41, 5.74) is 4.63. The Morgan fingerprint density at radius 3 is 3.00 bits per heavy atom. The zero-order chi connectivity index (χ0) is 11.0. The van der Waals surface area contributed by atoms with Crippen molar-refractivity contribution < 1.29 is 0 Å². The normalized spacial score (nSPS) is 15.3. The topological polar surface area (TPSA) is 41.6 Å². The molecule has 0 bridgehead atoms. The van der Waals surface area contributed by atoms with Gasteiger partial charge in [0, 0.05) is 22.9 Å². The molecule has 16 heavy (non-hydrogen) atoms. The quantitative estimate of drug-likeness (QED) is 0.851. The number of aryl methyl sites for hydroxylation is 1. The van der Waals surface area contributed by atoms with Gasteiger partial charge in [0.15, 0.2) is 0 Å². The van der Waals surface area contributed by atoms with Crippen LogP contribution in [0.5, 0.6) is 0 Å². The number of hydrogen-bond donors (Lipinski definition) is 1. The molecule has 1 aliphatic carbocycles. The van der Waals surface area contributed by atoms with Gasteiger partial charge in [-0.2, -0.15) is 5.10 Å². The Morgan fingerprint density at radius 1 is 1.38 bits per heavy atom. The van der Waals surface area contributed by atoms with E-state index in [-0.39, 0.29) is 0 Å². The molecular formula is C13H15N3. The van der Waals surface area contributed by atoms with Crippen molar-refractivity contribution in [1.29, 1.82) is 0 Å². The van der Waals surface area contributed by atoms with Gasteiger partial charge in [-0.25, -0.2) is 0 Å². The monoisotopic (exact) mass is 213 g/mol. The van der Waals surface area contributed by atoms with E-state index in [1.54, 1.807) is 0 Å². The molecule has 3 heteroatoms. The average molecular weight is 213 g/mol. The van der Waals surface area contributed by atoms with Crippen molar-refractivity contribution in [3.8, 4) is 11.3 Å². The van der Waals surface area contributed by atoms with E-state index in [1.165, 1.54) is 24.1 Å². The van der Waals surface area contributed by atoms with Gasteiger partial charge in [0.2, 0.25) is 0 Å². The lowest BCUT2D eigenvalue weighted by Gasteiger charge is -2.03. The number of H-pyrrole nitrogens is 1. The highest BCUT2D eigenvalue weighted by Crippen LogP contribution is 2.42. The molecule has 1 N–H and O–H groups in total. The summed E-state index contributed by atoms with van der Waals surface area (Å²) < 4.78 is 0. The van der Waals surface area contributed by atoms with E-state index in [9.17, 15) is 0 Å². The third-order valence-electron chi connectivity index (χ3n) is 3.10. The van der Waals surface area contributed by atoms with Crippen LogP contribution in [0.15, 0.2) is 24.4 Å². The minimum Gasteiger partial charge on any atom is -0.282 e. The SMILES string of the molecule is CCc1cccc(-c2cn[nH]c2C2CC2)n1. The standard InChI is InChI=1S/C13H15N3/c1-2-10-4-3-5-12(15-10)11-8-14-16-13(11)9-6-7-9/h3-5,8-9H,2,6-7H2,1H3,(H,14,16). The highest BCUT2D eigenvalue weighted by molar-refractivity contribution is 5.62. The van der Waals surface area contributed by atoms with Crippen LogP contribution >= 0.6 is 0 Å². The predicted molar refractivity (Wildman–Crippen MR) is 63.2 cm³/mol. The first-order chi connectivity index (χ1) is 7.88. The number of nitrogens with zero attached hydrogens (tertiary/aromatic N) is 2. The van der Waals surface area contributed by atoms with Gasteiger partial charge in [-0.3, -0.25) is 10.1 Å². The highest BCUT2D eigenvalue weighted by atomic mass is 15.1. The maximum Gasteiger partial charge on any atom is 0.0739 e. The van der Waals surface area contributed by atoms with Crippen LogP contribution in [0.3, 0.4) is 0 Å². The molecule has 0 spiro atoms. The molecule has 0 saturated heterocycles.